The second-order valence-corrected chi connectivity index (χ2v) is 8.80. The summed E-state index contributed by atoms with van der Waals surface area (Å²) in [5, 5.41) is 10.3. The van der Waals surface area contributed by atoms with Crippen LogP contribution in [0.25, 0.3) is 0 Å². The van der Waals surface area contributed by atoms with Gasteiger partial charge in [-0.2, -0.15) is 0 Å². The van der Waals surface area contributed by atoms with Gasteiger partial charge in [-0.05, 0) is 31.4 Å². The molecule has 7 heteroatoms. The quantitative estimate of drug-likeness (QED) is 0.660. The fraction of sp³-hybridized carbons (Fsp3) is 0.583. The Hall–Kier alpha value is -2.09. The topological polar surface area (TPSA) is 61.7 Å². The van der Waals surface area contributed by atoms with Gasteiger partial charge >= 0.3 is 0 Å². The number of anilines is 1. The average molecular weight is 431 g/mol. The molecule has 31 heavy (non-hydrogen) atoms. The Balaban J connectivity index is 1.64. The SMILES string of the molecule is Cc1nc(C)c(Cc2ccccc2F)c(N2CCN(CC(O)COCC(C)C)CC2)n1. The Kier molecular flexibility index (Phi) is 8.35. The number of piperazine rings is 1. The normalized spacial score (nSPS) is 16.2. The molecule has 1 saturated heterocycles. The summed E-state index contributed by atoms with van der Waals surface area (Å²) in [6.07, 6.45) is -0.00860. The molecule has 2 heterocycles. The minimum atomic E-state index is -0.481. The fourth-order valence-electron chi connectivity index (χ4n) is 3.95. The van der Waals surface area contributed by atoms with E-state index < -0.39 is 6.10 Å². The Bertz CT molecular complexity index is 853. The van der Waals surface area contributed by atoms with Gasteiger partial charge < -0.3 is 14.7 Å². The second-order valence-electron chi connectivity index (χ2n) is 8.80. The molecule has 1 aliphatic rings. The van der Waals surface area contributed by atoms with Crippen molar-refractivity contribution in [1.82, 2.24) is 14.9 Å². The maximum Gasteiger partial charge on any atom is 0.136 e. The number of β-amino-alcohol motifs (C(OH)–C–C–N with tert-alkyl or cyclic N) is 1. The van der Waals surface area contributed by atoms with E-state index in [1.807, 2.05) is 26.0 Å². The number of aryl methyl sites for hydroxylation is 2. The van der Waals surface area contributed by atoms with Gasteiger partial charge in [0.1, 0.15) is 17.5 Å². The van der Waals surface area contributed by atoms with E-state index in [1.165, 1.54) is 6.07 Å². The number of aliphatic hydroxyl groups excluding tert-OH is 1. The average Bonchev–Trinajstić information content (AvgIpc) is 2.71. The molecule has 1 aliphatic heterocycles. The number of hydrogen-bond acceptors (Lipinski definition) is 6. The predicted molar refractivity (Wildman–Crippen MR) is 121 cm³/mol. The number of benzene rings is 1. The summed E-state index contributed by atoms with van der Waals surface area (Å²) in [5.41, 5.74) is 2.53. The standard InChI is InChI=1S/C24H35FN4O2/c1-17(2)15-31-16-21(30)14-28-9-11-29(12-10-28)24-22(18(3)26-19(4)27-24)13-20-7-5-6-8-23(20)25/h5-8,17,21,30H,9-16H2,1-4H3. The number of aromatic nitrogens is 2. The lowest BCUT2D eigenvalue weighted by molar-refractivity contribution is 0.00745. The van der Waals surface area contributed by atoms with Crippen molar-refractivity contribution in [3.8, 4) is 0 Å². The Morgan fingerprint density at radius 1 is 1.06 bits per heavy atom. The van der Waals surface area contributed by atoms with E-state index >= 15 is 0 Å². The largest absolute Gasteiger partial charge is 0.389 e. The van der Waals surface area contributed by atoms with Gasteiger partial charge in [-0.3, -0.25) is 4.90 Å². The van der Waals surface area contributed by atoms with E-state index in [0.717, 1.165) is 49.1 Å². The molecule has 1 N–H and O–H groups in total. The van der Waals surface area contributed by atoms with E-state index in [0.29, 0.717) is 37.7 Å². The molecule has 1 unspecified atom stereocenters. The van der Waals surface area contributed by atoms with Crippen molar-refractivity contribution < 1.29 is 14.2 Å². The van der Waals surface area contributed by atoms with Gasteiger partial charge in [0.15, 0.2) is 0 Å². The first kappa shape index (κ1) is 23.6. The molecule has 1 aromatic heterocycles. The van der Waals surface area contributed by atoms with Crippen molar-refractivity contribution in [3.63, 3.8) is 0 Å². The third kappa shape index (κ3) is 6.69. The highest BCUT2D eigenvalue weighted by Crippen LogP contribution is 2.26. The van der Waals surface area contributed by atoms with E-state index in [2.05, 4.69) is 28.6 Å². The van der Waals surface area contributed by atoms with Crippen molar-refractivity contribution >= 4 is 5.82 Å². The van der Waals surface area contributed by atoms with Crippen molar-refractivity contribution in [3.05, 3.63) is 52.7 Å². The molecule has 0 spiro atoms. The smallest absolute Gasteiger partial charge is 0.136 e. The van der Waals surface area contributed by atoms with Gasteiger partial charge in [-0.15, -0.1) is 0 Å². The van der Waals surface area contributed by atoms with Gasteiger partial charge in [0.25, 0.3) is 0 Å². The maximum atomic E-state index is 14.3. The van der Waals surface area contributed by atoms with Crippen LogP contribution < -0.4 is 4.90 Å². The number of rotatable bonds is 9. The molecule has 0 aliphatic carbocycles. The van der Waals surface area contributed by atoms with Gasteiger partial charge in [0.05, 0.1) is 12.7 Å². The van der Waals surface area contributed by atoms with Crippen LogP contribution in [0.15, 0.2) is 24.3 Å². The van der Waals surface area contributed by atoms with Crippen LogP contribution in [0.3, 0.4) is 0 Å². The van der Waals surface area contributed by atoms with Crippen molar-refractivity contribution in [2.45, 2.75) is 40.2 Å². The first-order valence-electron chi connectivity index (χ1n) is 11.1. The zero-order valence-electron chi connectivity index (χ0n) is 19.1. The molecule has 3 rings (SSSR count). The lowest BCUT2D eigenvalue weighted by atomic mass is 10.0. The van der Waals surface area contributed by atoms with Crippen LogP contribution in [0.5, 0.6) is 0 Å². The summed E-state index contributed by atoms with van der Waals surface area (Å²) in [6.45, 7) is 13.0. The third-order valence-corrected chi connectivity index (χ3v) is 5.53. The van der Waals surface area contributed by atoms with Crippen LogP contribution in [0.4, 0.5) is 10.2 Å². The highest BCUT2D eigenvalue weighted by molar-refractivity contribution is 5.51. The molecule has 0 saturated carbocycles. The molecular formula is C24H35FN4O2. The minimum Gasteiger partial charge on any atom is -0.389 e. The van der Waals surface area contributed by atoms with Gasteiger partial charge in [-0.25, -0.2) is 14.4 Å². The fourth-order valence-corrected chi connectivity index (χ4v) is 3.95. The summed E-state index contributed by atoms with van der Waals surface area (Å²) in [5.74, 6) is 1.89. The van der Waals surface area contributed by atoms with E-state index in [4.69, 9.17) is 9.72 Å². The van der Waals surface area contributed by atoms with Crippen LogP contribution in [0.1, 0.15) is 36.5 Å². The molecule has 2 aromatic rings. The summed E-state index contributed by atoms with van der Waals surface area (Å²) < 4.78 is 19.8. The summed E-state index contributed by atoms with van der Waals surface area (Å²) in [7, 11) is 0. The second kappa shape index (κ2) is 11.0. The van der Waals surface area contributed by atoms with Gasteiger partial charge in [0, 0.05) is 57.0 Å². The molecule has 0 bridgehead atoms. The molecule has 0 radical (unpaired) electrons. The van der Waals surface area contributed by atoms with E-state index in [9.17, 15) is 9.50 Å². The van der Waals surface area contributed by atoms with Crippen LogP contribution in [-0.4, -0.2) is 72.0 Å². The van der Waals surface area contributed by atoms with Crippen LogP contribution in [0.2, 0.25) is 0 Å². The Labute approximate surface area is 185 Å². The lowest BCUT2D eigenvalue weighted by Crippen LogP contribution is -2.49. The molecule has 1 fully saturated rings. The van der Waals surface area contributed by atoms with Crippen molar-refractivity contribution in [2.24, 2.45) is 5.92 Å². The van der Waals surface area contributed by atoms with E-state index in [-0.39, 0.29) is 5.82 Å². The zero-order valence-corrected chi connectivity index (χ0v) is 19.1. The molecule has 6 nitrogen and oxygen atoms in total. The summed E-state index contributed by atoms with van der Waals surface area (Å²) in [6, 6.07) is 6.88. The number of aliphatic hydroxyl groups is 1. The summed E-state index contributed by atoms with van der Waals surface area (Å²) >= 11 is 0. The Morgan fingerprint density at radius 2 is 1.77 bits per heavy atom. The first-order chi connectivity index (χ1) is 14.8. The first-order valence-corrected chi connectivity index (χ1v) is 11.1. The van der Waals surface area contributed by atoms with Crippen LogP contribution >= 0.6 is 0 Å². The van der Waals surface area contributed by atoms with Crippen LogP contribution in [-0.2, 0) is 11.2 Å². The number of nitrogens with zero attached hydrogens (tertiary/aromatic N) is 4. The highest BCUT2D eigenvalue weighted by atomic mass is 19.1. The third-order valence-electron chi connectivity index (χ3n) is 5.53. The number of halogens is 1. The summed E-state index contributed by atoms with van der Waals surface area (Å²) in [4.78, 5) is 13.8. The van der Waals surface area contributed by atoms with Crippen molar-refractivity contribution in [1.29, 1.82) is 0 Å². The molecule has 0 amide bonds. The molecular weight excluding hydrogens is 395 g/mol. The van der Waals surface area contributed by atoms with E-state index in [1.54, 1.807) is 6.07 Å². The highest BCUT2D eigenvalue weighted by Gasteiger charge is 2.24. The zero-order chi connectivity index (χ0) is 22.4. The molecule has 1 aromatic carbocycles. The van der Waals surface area contributed by atoms with Gasteiger partial charge in [0.2, 0.25) is 0 Å². The lowest BCUT2D eigenvalue weighted by Gasteiger charge is -2.37. The minimum absolute atomic E-state index is 0.202. The Morgan fingerprint density at radius 3 is 2.45 bits per heavy atom. The number of hydrogen-bond donors (Lipinski definition) is 1. The molecule has 170 valence electrons. The number of ether oxygens (including phenoxy) is 1. The van der Waals surface area contributed by atoms with Gasteiger partial charge in [-0.1, -0.05) is 32.0 Å². The maximum absolute atomic E-state index is 14.3. The van der Waals surface area contributed by atoms with Crippen molar-refractivity contribution in [2.75, 3.05) is 50.8 Å². The monoisotopic (exact) mass is 430 g/mol. The molecule has 1 atom stereocenters. The predicted octanol–water partition coefficient (Wildman–Crippen LogP) is 2.98. The van der Waals surface area contributed by atoms with Crippen LogP contribution in [0, 0.1) is 25.6 Å².